The van der Waals surface area contributed by atoms with Crippen molar-refractivity contribution < 1.29 is 13.5 Å². The number of thiol groups is 1. The van der Waals surface area contributed by atoms with Crippen LogP contribution in [0.2, 0.25) is 0 Å². The number of hydrogen-bond acceptors (Lipinski definition) is 5. The highest BCUT2D eigenvalue weighted by molar-refractivity contribution is 7.70. The molecule has 2 heterocycles. The van der Waals surface area contributed by atoms with E-state index >= 15 is 0 Å². The van der Waals surface area contributed by atoms with E-state index in [1.807, 2.05) is 49.6 Å². The van der Waals surface area contributed by atoms with E-state index in [4.69, 9.17) is 0 Å². The maximum absolute atomic E-state index is 12.4. The molecule has 1 unspecified atom stereocenters. The van der Waals surface area contributed by atoms with Gasteiger partial charge in [0.2, 0.25) is 10.9 Å². The van der Waals surface area contributed by atoms with Crippen LogP contribution in [0.5, 0.6) is 5.75 Å². The van der Waals surface area contributed by atoms with Crippen LogP contribution in [0.3, 0.4) is 0 Å². The third kappa shape index (κ3) is 3.55. The number of nitrogens with one attached hydrogen (secondary N) is 2. The Morgan fingerprint density at radius 3 is 2.62 bits per heavy atom. The fourth-order valence-electron chi connectivity index (χ4n) is 3.68. The highest BCUT2D eigenvalue weighted by atomic mass is 32.2. The lowest BCUT2D eigenvalue weighted by molar-refractivity contribution is 0.477. The van der Waals surface area contributed by atoms with Crippen LogP contribution in [-0.4, -0.2) is 25.1 Å². The predicted octanol–water partition coefficient (Wildman–Crippen LogP) is 3.64. The Morgan fingerprint density at radius 2 is 1.93 bits per heavy atom. The van der Waals surface area contributed by atoms with E-state index in [1.165, 1.54) is 11.3 Å². The zero-order valence-electron chi connectivity index (χ0n) is 15.9. The van der Waals surface area contributed by atoms with Gasteiger partial charge in [-0.3, -0.25) is 4.79 Å². The predicted molar refractivity (Wildman–Crippen MR) is 119 cm³/mol. The van der Waals surface area contributed by atoms with Crippen LogP contribution in [0.15, 0.2) is 46.6 Å². The minimum atomic E-state index is -2.62. The Kier molecular flexibility index (Phi) is 5.16. The van der Waals surface area contributed by atoms with Gasteiger partial charge in [-0.2, -0.15) is 0 Å². The second-order valence-electron chi connectivity index (χ2n) is 7.10. The SMILES string of the molecule is Cc1cc(O)c(-c2ccc(C(C)CN[SH](=O)=O)cc2)c2c1[nH]c(=O)c1sccc12. The number of pyridine rings is 1. The first kappa shape index (κ1) is 19.6. The molecule has 4 aromatic rings. The van der Waals surface area contributed by atoms with Crippen molar-refractivity contribution in [2.75, 3.05) is 6.54 Å². The van der Waals surface area contributed by atoms with Gasteiger partial charge in [0, 0.05) is 22.9 Å². The molecule has 8 heteroatoms. The van der Waals surface area contributed by atoms with Crippen molar-refractivity contribution in [2.24, 2.45) is 0 Å². The number of rotatable bonds is 5. The summed E-state index contributed by atoms with van der Waals surface area (Å²) in [7, 11) is -2.62. The number of thiophene rings is 1. The molecule has 29 heavy (non-hydrogen) atoms. The molecule has 0 saturated heterocycles. The van der Waals surface area contributed by atoms with Crippen LogP contribution in [0.4, 0.5) is 0 Å². The molecule has 0 spiro atoms. The van der Waals surface area contributed by atoms with Crippen LogP contribution in [0.1, 0.15) is 24.0 Å². The first-order valence-corrected chi connectivity index (χ1v) is 11.2. The minimum Gasteiger partial charge on any atom is -0.507 e. The van der Waals surface area contributed by atoms with Gasteiger partial charge < -0.3 is 10.1 Å². The third-order valence-corrected chi connectivity index (χ3v) is 6.53. The summed E-state index contributed by atoms with van der Waals surface area (Å²) in [5, 5.41) is 14.3. The molecule has 150 valence electrons. The van der Waals surface area contributed by atoms with Gasteiger partial charge in [-0.1, -0.05) is 31.2 Å². The largest absolute Gasteiger partial charge is 0.507 e. The number of hydrogen-bond donors (Lipinski definition) is 4. The Hall–Kier alpha value is -2.68. The number of fused-ring (bicyclic) bond motifs is 3. The van der Waals surface area contributed by atoms with Crippen molar-refractivity contribution in [3.63, 3.8) is 0 Å². The molecule has 0 amide bonds. The molecule has 4 rings (SSSR count). The van der Waals surface area contributed by atoms with Gasteiger partial charge in [0.1, 0.15) is 10.4 Å². The van der Waals surface area contributed by atoms with Crippen LogP contribution in [0, 0.1) is 6.92 Å². The van der Waals surface area contributed by atoms with Crippen molar-refractivity contribution in [1.29, 1.82) is 0 Å². The van der Waals surface area contributed by atoms with E-state index < -0.39 is 10.9 Å². The molecule has 0 radical (unpaired) electrons. The lowest BCUT2D eigenvalue weighted by atomic mass is 9.93. The number of phenols is 1. The highest BCUT2D eigenvalue weighted by Gasteiger charge is 2.17. The summed E-state index contributed by atoms with van der Waals surface area (Å²) in [4.78, 5) is 15.4. The van der Waals surface area contributed by atoms with Crippen molar-refractivity contribution in [2.45, 2.75) is 19.8 Å². The molecule has 6 nitrogen and oxygen atoms in total. The lowest BCUT2D eigenvalue weighted by Crippen LogP contribution is -2.18. The summed E-state index contributed by atoms with van der Waals surface area (Å²) >= 11 is 1.38. The maximum Gasteiger partial charge on any atom is 0.266 e. The van der Waals surface area contributed by atoms with E-state index in [0.717, 1.165) is 33.0 Å². The summed E-state index contributed by atoms with van der Waals surface area (Å²) in [5.41, 5.74) is 3.87. The van der Waals surface area contributed by atoms with Crippen LogP contribution >= 0.6 is 11.3 Å². The van der Waals surface area contributed by atoms with E-state index in [2.05, 4.69) is 9.71 Å². The summed E-state index contributed by atoms with van der Waals surface area (Å²) < 4.78 is 24.6. The zero-order valence-corrected chi connectivity index (χ0v) is 17.6. The monoisotopic (exact) mass is 428 g/mol. The molecule has 0 aliphatic rings. The average molecular weight is 429 g/mol. The van der Waals surface area contributed by atoms with Gasteiger partial charge in [0.25, 0.3) is 5.56 Å². The second-order valence-corrected chi connectivity index (χ2v) is 8.84. The number of H-pyrrole nitrogens is 1. The molecule has 0 bridgehead atoms. The quantitative estimate of drug-likeness (QED) is 0.365. The average Bonchev–Trinajstić information content (AvgIpc) is 3.18. The first-order valence-electron chi connectivity index (χ1n) is 9.10. The van der Waals surface area contributed by atoms with Crippen molar-refractivity contribution in [3.05, 3.63) is 63.3 Å². The molecule has 0 saturated carbocycles. The lowest BCUT2D eigenvalue weighted by Gasteiger charge is -2.15. The summed E-state index contributed by atoms with van der Waals surface area (Å²) in [6.45, 7) is 4.13. The Bertz CT molecular complexity index is 1340. The van der Waals surface area contributed by atoms with E-state index in [0.29, 0.717) is 16.8 Å². The van der Waals surface area contributed by atoms with Gasteiger partial charge in [0.05, 0.1) is 5.52 Å². The number of phenolic OH excluding ortho intramolecular Hbond substituents is 1. The van der Waals surface area contributed by atoms with Gasteiger partial charge in [-0.25, -0.2) is 13.1 Å². The molecule has 0 aliphatic carbocycles. The molecule has 2 aromatic heterocycles. The van der Waals surface area contributed by atoms with Crippen LogP contribution in [0.25, 0.3) is 32.1 Å². The van der Waals surface area contributed by atoms with Gasteiger partial charge in [-0.15, -0.1) is 11.3 Å². The van der Waals surface area contributed by atoms with Crippen molar-refractivity contribution in [3.8, 4) is 16.9 Å². The van der Waals surface area contributed by atoms with Crippen LogP contribution in [-0.2, 0) is 10.9 Å². The summed E-state index contributed by atoms with van der Waals surface area (Å²) in [6.07, 6.45) is 0. The minimum absolute atomic E-state index is 0.0141. The number of aromatic hydroxyl groups is 1. The normalized spacial score (nSPS) is 12.8. The molecule has 2 aromatic carbocycles. The molecular formula is C21H20N2O4S2. The Balaban J connectivity index is 1.88. The third-order valence-electron chi connectivity index (χ3n) is 5.18. The topological polar surface area (TPSA) is 99.3 Å². The first-order chi connectivity index (χ1) is 13.9. The Morgan fingerprint density at radius 1 is 1.21 bits per heavy atom. The maximum atomic E-state index is 12.4. The molecule has 0 fully saturated rings. The zero-order chi connectivity index (χ0) is 20.7. The molecular weight excluding hydrogens is 408 g/mol. The summed E-state index contributed by atoms with van der Waals surface area (Å²) in [6, 6.07) is 11.3. The molecule has 1 atom stereocenters. The smallest absolute Gasteiger partial charge is 0.266 e. The fraction of sp³-hybridized carbons (Fsp3) is 0.190. The van der Waals surface area contributed by atoms with Crippen molar-refractivity contribution in [1.82, 2.24) is 9.71 Å². The second kappa shape index (κ2) is 7.62. The Labute approximate surface area is 172 Å². The summed E-state index contributed by atoms with van der Waals surface area (Å²) in [5.74, 6) is 0.167. The van der Waals surface area contributed by atoms with Gasteiger partial charge in [0.15, 0.2) is 0 Å². The number of aromatic nitrogens is 1. The van der Waals surface area contributed by atoms with E-state index in [1.54, 1.807) is 6.07 Å². The molecule has 3 N–H and O–H groups in total. The number of aromatic amines is 1. The fourth-order valence-corrected chi connectivity index (χ4v) is 4.90. The number of benzene rings is 2. The number of aryl methyl sites for hydroxylation is 1. The highest BCUT2D eigenvalue weighted by Crippen LogP contribution is 2.41. The standard InChI is InChI=1S/C21H20N2O4S2/c1-11-9-16(24)17(18-15-7-8-28-20(15)21(25)23-19(11)18)14-5-3-13(4-6-14)12(2)10-22-29(26)27/h3-9,12,24,29H,10H2,1-2H3,(H,23,25)(H,22,26,27). The molecule has 0 aliphatic heterocycles. The van der Waals surface area contributed by atoms with E-state index in [-0.39, 0.29) is 17.2 Å². The van der Waals surface area contributed by atoms with Crippen LogP contribution < -0.4 is 10.3 Å². The van der Waals surface area contributed by atoms with Crippen molar-refractivity contribution >= 4 is 43.2 Å². The van der Waals surface area contributed by atoms with E-state index in [9.17, 15) is 18.3 Å². The van der Waals surface area contributed by atoms with Gasteiger partial charge in [-0.05, 0) is 47.0 Å². The van der Waals surface area contributed by atoms with Gasteiger partial charge >= 0.3 is 0 Å².